The van der Waals surface area contributed by atoms with E-state index in [-0.39, 0.29) is 6.03 Å². The van der Waals surface area contributed by atoms with Gasteiger partial charge in [-0.15, -0.1) is 6.58 Å². The number of nitrogens with zero attached hydrogens (tertiary/aromatic N) is 5. The second-order valence-electron chi connectivity index (χ2n) is 5.96. The molecule has 138 valence electrons. The van der Waals surface area contributed by atoms with E-state index in [0.29, 0.717) is 25.5 Å². The van der Waals surface area contributed by atoms with Gasteiger partial charge < -0.3 is 10.2 Å². The summed E-state index contributed by atoms with van der Waals surface area (Å²) in [5.41, 5.74) is 2.05. The van der Waals surface area contributed by atoms with Gasteiger partial charge in [-0.05, 0) is 18.1 Å². The van der Waals surface area contributed by atoms with Crippen LogP contribution >= 0.6 is 0 Å². The molecule has 0 radical (unpaired) electrons. The summed E-state index contributed by atoms with van der Waals surface area (Å²) in [5, 5.41) is 7.07. The van der Waals surface area contributed by atoms with Crippen LogP contribution in [0.25, 0.3) is 5.82 Å². The maximum absolute atomic E-state index is 12.6. The van der Waals surface area contributed by atoms with Crippen molar-refractivity contribution >= 4 is 6.03 Å². The van der Waals surface area contributed by atoms with Crippen molar-refractivity contribution in [3.63, 3.8) is 0 Å². The fourth-order valence-electron chi connectivity index (χ4n) is 2.72. The van der Waals surface area contributed by atoms with Crippen molar-refractivity contribution in [2.75, 3.05) is 13.1 Å². The molecular formula is C20H22N6O. The van der Waals surface area contributed by atoms with Gasteiger partial charge in [0.2, 0.25) is 0 Å². The first-order valence-corrected chi connectivity index (χ1v) is 8.74. The predicted molar refractivity (Wildman–Crippen MR) is 103 cm³/mol. The molecule has 27 heavy (non-hydrogen) atoms. The Balaban J connectivity index is 1.62. The van der Waals surface area contributed by atoms with Gasteiger partial charge in [-0.2, -0.15) is 5.10 Å². The summed E-state index contributed by atoms with van der Waals surface area (Å²) in [6.07, 6.45) is 7.24. The molecule has 0 bridgehead atoms. The fourth-order valence-corrected chi connectivity index (χ4v) is 2.72. The third kappa shape index (κ3) is 5.01. The highest BCUT2D eigenvalue weighted by Crippen LogP contribution is 2.09. The van der Waals surface area contributed by atoms with E-state index in [2.05, 4.69) is 39.1 Å². The molecule has 7 nitrogen and oxygen atoms in total. The van der Waals surface area contributed by atoms with Gasteiger partial charge >= 0.3 is 6.03 Å². The Labute approximate surface area is 158 Å². The predicted octanol–water partition coefficient (Wildman–Crippen LogP) is 2.60. The molecule has 0 atom stereocenters. The molecule has 1 aromatic carbocycles. The van der Waals surface area contributed by atoms with Gasteiger partial charge in [-0.3, -0.25) is 0 Å². The van der Waals surface area contributed by atoms with Crippen molar-refractivity contribution in [3.8, 4) is 5.82 Å². The van der Waals surface area contributed by atoms with Crippen LogP contribution in [0.5, 0.6) is 0 Å². The second-order valence-corrected chi connectivity index (χ2v) is 5.96. The Hall–Kier alpha value is -3.48. The lowest BCUT2D eigenvalue weighted by Crippen LogP contribution is -2.41. The number of carbonyl (C=O) groups excluding carboxylic acids is 1. The number of nitrogens with one attached hydrogen (secondary N) is 1. The zero-order valence-corrected chi connectivity index (χ0v) is 15.0. The van der Waals surface area contributed by atoms with E-state index in [1.165, 1.54) is 11.9 Å². The lowest BCUT2D eigenvalue weighted by atomic mass is 10.1. The maximum Gasteiger partial charge on any atom is 0.317 e. The molecule has 2 amide bonds. The molecule has 0 aliphatic heterocycles. The van der Waals surface area contributed by atoms with Crippen LogP contribution in [0.3, 0.4) is 0 Å². The second kappa shape index (κ2) is 9.28. The van der Waals surface area contributed by atoms with Gasteiger partial charge in [-0.25, -0.2) is 19.4 Å². The van der Waals surface area contributed by atoms with Gasteiger partial charge in [0.15, 0.2) is 5.82 Å². The number of amides is 2. The lowest BCUT2D eigenvalue weighted by molar-refractivity contribution is 0.203. The summed E-state index contributed by atoms with van der Waals surface area (Å²) in [7, 11) is 0. The Kier molecular flexibility index (Phi) is 6.30. The summed E-state index contributed by atoms with van der Waals surface area (Å²) in [5.74, 6) is 0.648. The van der Waals surface area contributed by atoms with Crippen molar-refractivity contribution in [2.45, 2.75) is 13.0 Å². The number of pyridine rings is 1. The van der Waals surface area contributed by atoms with Crippen molar-refractivity contribution < 1.29 is 4.79 Å². The van der Waals surface area contributed by atoms with Crippen LogP contribution in [0.2, 0.25) is 0 Å². The average molecular weight is 362 g/mol. The van der Waals surface area contributed by atoms with E-state index in [4.69, 9.17) is 0 Å². The van der Waals surface area contributed by atoms with Crippen molar-refractivity contribution in [3.05, 3.63) is 85.1 Å². The highest BCUT2D eigenvalue weighted by molar-refractivity contribution is 5.74. The molecule has 0 fully saturated rings. The molecule has 0 unspecified atom stereocenters. The summed E-state index contributed by atoms with van der Waals surface area (Å²) >= 11 is 0. The normalized spacial score (nSPS) is 10.4. The molecule has 0 saturated heterocycles. The minimum atomic E-state index is -0.140. The molecule has 3 aromatic rings. The molecule has 0 spiro atoms. The third-order valence-electron chi connectivity index (χ3n) is 4.08. The number of hydrogen-bond donors (Lipinski definition) is 1. The zero-order chi connectivity index (χ0) is 18.9. The van der Waals surface area contributed by atoms with Crippen molar-refractivity contribution in [2.24, 2.45) is 0 Å². The number of carbonyl (C=O) groups is 1. The lowest BCUT2D eigenvalue weighted by Gasteiger charge is -2.22. The molecule has 1 N–H and O–H groups in total. The first-order valence-electron chi connectivity index (χ1n) is 8.74. The standard InChI is InChI=1S/C20H22N6O/c1-2-12-25(13-10-17-7-4-3-5-8-17)20(27)23-14-18-9-6-11-22-19(18)26-16-21-15-24-26/h2-9,11,15-16H,1,10,12-14H2,(H,23,27). The maximum atomic E-state index is 12.6. The monoisotopic (exact) mass is 362 g/mol. The summed E-state index contributed by atoms with van der Waals surface area (Å²) in [6.45, 7) is 5.21. The molecular weight excluding hydrogens is 340 g/mol. The van der Waals surface area contributed by atoms with Gasteiger partial charge in [0.25, 0.3) is 0 Å². The number of rotatable bonds is 8. The number of benzene rings is 1. The molecule has 2 aromatic heterocycles. The van der Waals surface area contributed by atoms with E-state index >= 15 is 0 Å². The SMILES string of the molecule is C=CCN(CCc1ccccc1)C(=O)NCc1cccnc1-n1cncn1. The van der Waals surface area contributed by atoms with E-state index in [9.17, 15) is 4.79 Å². The van der Waals surface area contributed by atoms with Crippen molar-refractivity contribution in [1.82, 2.24) is 30.0 Å². The summed E-state index contributed by atoms with van der Waals surface area (Å²) in [6, 6.07) is 13.7. The number of aromatic nitrogens is 4. The Bertz CT molecular complexity index is 863. The van der Waals surface area contributed by atoms with Gasteiger partial charge in [-0.1, -0.05) is 42.5 Å². The van der Waals surface area contributed by atoms with Crippen LogP contribution in [0.15, 0.2) is 74.0 Å². The van der Waals surface area contributed by atoms with Crippen LogP contribution in [0.1, 0.15) is 11.1 Å². The highest BCUT2D eigenvalue weighted by atomic mass is 16.2. The van der Waals surface area contributed by atoms with Crippen LogP contribution in [0, 0.1) is 0 Å². The van der Waals surface area contributed by atoms with Crippen molar-refractivity contribution in [1.29, 1.82) is 0 Å². The minimum Gasteiger partial charge on any atom is -0.334 e. The highest BCUT2D eigenvalue weighted by Gasteiger charge is 2.13. The molecule has 2 heterocycles. The first kappa shape index (κ1) is 18.3. The Morgan fingerprint density at radius 1 is 1.22 bits per heavy atom. The Morgan fingerprint density at radius 3 is 2.81 bits per heavy atom. The Morgan fingerprint density at radius 2 is 2.07 bits per heavy atom. The van der Waals surface area contributed by atoms with Gasteiger partial charge in [0.05, 0.1) is 0 Å². The molecule has 3 rings (SSSR count). The zero-order valence-electron chi connectivity index (χ0n) is 15.0. The number of hydrogen-bond acceptors (Lipinski definition) is 4. The van der Waals surface area contributed by atoms with Crippen LogP contribution in [-0.4, -0.2) is 43.8 Å². The van der Waals surface area contributed by atoms with Gasteiger partial charge in [0, 0.05) is 31.4 Å². The topological polar surface area (TPSA) is 75.9 Å². The summed E-state index contributed by atoms with van der Waals surface area (Å²) < 4.78 is 1.58. The smallest absolute Gasteiger partial charge is 0.317 e. The van der Waals surface area contributed by atoms with Crippen LogP contribution in [0.4, 0.5) is 4.79 Å². The first-order chi connectivity index (χ1) is 13.3. The molecule has 0 aliphatic rings. The minimum absolute atomic E-state index is 0.140. The van der Waals surface area contributed by atoms with E-state index < -0.39 is 0 Å². The quantitative estimate of drug-likeness (QED) is 0.625. The fraction of sp³-hybridized carbons (Fsp3) is 0.200. The average Bonchev–Trinajstić information content (AvgIpc) is 3.25. The molecule has 0 saturated carbocycles. The van der Waals surface area contributed by atoms with Crippen LogP contribution in [-0.2, 0) is 13.0 Å². The molecule has 7 heteroatoms. The third-order valence-corrected chi connectivity index (χ3v) is 4.08. The van der Waals surface area contributed by atoms with Crippen LogP contribution < -0.4 is 5.32 Å². The largest absolute Gasteiger partial charge is 0.334 e. The van der Waals surface area contributed by atoms with E-state index in [1.807, 2.05) is 30.3 Å². The van der Waals surface area contributed by atoms with Gasteiger partial charge in [0.1, 0.15) is 12.7 Å². The van der Waals surface area contributed by atoms with E-state index in [1.54, 1.807) is 28.2 Å². The number of urea groups is 1. The summed E-state index contributed by atoms with van der Waals surface area (Å²) in [4.78, 5) is 22.7. The van der Waals surface area contributed by atoms with E-state index in [0.717, 1.165) is 12.0 Å². The molecule has 0 aliphatic carbocycles.